The number of nitrogens with zero attached hydrogens (tertiary/aromatic N) is 6. The van der Waals surface area contributed by atoms with Crippen LogP contribution in [0.15, 0.2) is 36.4 Å². The lowest BCUT2D eigenvalue weighted by molar-refractivity contribution is 0.217. The van der Waals surface area contributed by atoms with Crippen molar-refractivity contribution >= 4 is 0 Å². The van der Waals surface area contributed by atoms with Crippen molar-refractivity contribution in [2.45, 2.75) is 46.2 Å². The summed E-state index contributed by atoms with van der Waals surface area (Å²) in [7, 11) is 2.20. The monoisotopic (exact) mass is 378 g/mol. The number of hydrogen-bond acceptors (Lipinski definition) is 4. The van der Waals surface area contributed by atoms with Crippen molar-refractivity contribution in [1.29, 1.82) is 0 Å². The summed E-state index contributed by atoms with van der Waals surface area (Å²) in [6, 6.07) is 12.6. The zero-order valence-electron chi connectivity index (χ0n) is 17.2. The first-order chi connectivity index (χ1) is 13.6. The first-order valence-electron chi connectivity index (χ1n) is 10.2. The molecular formula is C22H30N6. The van der Waals surface area contributed by atoms with Crippen LogP contribution in [0.4, 0.5) is 0 Å². The standard InChI is InChI=1S/C22H30N6/c1-17-13-18(2)27(24-17)16-22-23-21(14-19-9-11-26(3)12-10-19)25-28(22)15-20-7-5-4-6-8-20/h4-8,13,19H,9-12,14-16H2,1-3H3. The van der Waals surface area contributed by atoms with Gasteiger partial charge in [-0.2, -0.15) is 10.2 Å². The Morgan fingerprint density at radius 3 is 2.39 bits per heavy atom. The van der Waals surface area contributed by atoms with Crippen LogP contribution in [0.2, 0.25) is 0 Å². The van der Waals surface area contributed by atoms with Gasteiger partial charge in [0.05, 0.1) is 12.2 Å². The molecule has 1 aliphatic rings. The van der Waals surface area contributed by atoms with Gasteiger partial charge >= 0.3 is 0 Å². The van der Waals surface area contributed by atoms with Gasteiger partial charge in [-0.3, -0.25) is 4.68 Å². The molecule has 6 heteroatoms. The van der Waals surface area contributed by atoms with Crippen molar-refractivity contribution in [3.05, 3.63) is 65.0 Å². The average Bonchev–Trinajstić information content (AvgIpc) is 3.20. The lowest BCUT2D eigenvalue weighted by Gasteiger charge is -2.28. The Hall–Kier alpha value is -2.47. The molecule has 3 aromatic rings. The molecule has 0 bridgehead atoms. The summed E-state index contributed by atoms with van der Waals surface area (Å²) in [6.45, 7) is 7.88. The Balaban J connectivity index is 1.56. The molecule has 4 rings (SSSR count). The van der Waals surface area contributed by atoms with Crippen LogP contribution in [0.5, 0.6) is 0 Å². The molecule has 0 saturated carbocycles. The Labute approximate surface area is 167 Å². The van der Waals surface area contributed by atoms with Crippen LogP contribution in [-0.4, -0.2) is 49.6 Å². The van der Waals surface area contributed by atoms with Gasteiger partial charge in [-0.25, -0.2) is 9.67 Å². The van der Waals surface area contributed by atoms with E-state index in [9.17, 15) is 0 Å². The summed E-state index contributed by atoms with van der Waals surface area (Å²) in [4.78, 5) is 7.35. The fourth-order valence-corrected chi connectivity index (χ4v) is 4.01. The summed E-state index contributed by atoms with van der Waals surface area (Å²) in [5, 5.41) is 9.52. The molecule has 1 aliphatic heterocycles. The summed E-state index contributed by atoms with van der Waals surface area (Å²) in [6.07, 6.45) is 3.44. The van der Waals surface area contributed by atoms with E-state index in [2.05, 4.69) is 59.0 Å². The Kier molecular flexibility index (Phi) is 5.57. The second-order valence-corrected chi connectivity index (χ2v) is 8.12. The number of likely N-dealkylation sites (tertiary alicyclic amines) is 1. The molecule has 6 nitrogen and oxygen atoms in total. The quantitative estimate of drug-likeness (QED) is 0.661. The van der Waals surface area contributed by atoms with Gasteiger partial charge in [-0.05, 0) is 64.4 Å². The van der Waals surface area contributed by atoms with Gasteiger partial charge < -0.3 is 4.90 Å². The van der Waals surface area contributed by atoms with E-state index in [1.54, 1.807) is 0 Å². The maximum absolute atomic E-state index is 4.94. The summed E-state index contributed by atoms with van der Waals surface area (Å²) in [5.74, 6) is 2.64. The van der Waals surface area contributed by atoms with Gasteiger partial charge in [0.2, 0.25) is 0 Å². The van der Waals surface area contributed by atoms with E-state index in [1.165, 1.54) is 31.5 Å². The lowest BCUT2D eigenvalue weighted by atomic mass is 9.94. The largest absolute Gasteiger partial charge is 0.306 e. The third kappa shape index (κ3) is 4.50. The van der Waals surface area contributed by atoms with Crippen LogP contribution >= 0.6 is 0 Å². The van der Waals surface area contributed by atoms with Crippen molar-refractivity contribution in [3.8, 4) is 0 Å². The van der Waals surface area contributed by atoms with E-state index < -0.39 is 0 Å². The Morgan fingerprint density at radius 1 is 0.964 bits per heavy atom. The molecule has 148 valence electrons. The second-order valence-electron chi connectivity index (χ2n) is 8.12. The van der Waals surface area contributed by atoms with E-state index in [-0.39, 0.29) is 0 Å². The molecule has 28 heavy (non-hydrogen) atoms. The Bertz CT molecular complexity index is 903. The second kappa shape index (κ2) is 8.27. The molecular weight excluding hydrogens is 348 g/mol. The molecule has 0 unspecified atom stereocenters. The highest BCUT2D eigenvalue weighted by molar-refractivity contribution is 5.16. The number of rotatable bonds is 6. The van der Waals surface area contributed by atoms with Crippen LogP contribution in [-0.2, 0) is 19.5 Å². The molecule has 1 saturated heterocycles. The van der Waals surface area contributed by atoms with Crippen molar-refractivity contribution in [2.24, 2.45) is 5.92 Å². The molecule has 2 aromatic heterocycles. The zero-order chi connectivity index (χ0) is 19.5. The molecule has 0 N–H and O–H groups in total. The molecule has 1 fully saturated rings. The number of aryl methyl sites for hydroxylation is 2. The third-order valence-electron chi connectivity index (χ3n) is 5.67. The fourth-order valence-electron chi connectivity index (χ4n) is 4.01. The van der Waals surface area contributed by atoms with Gasteiger partial charge in [0.15, 0.2) is 5.82 Å². The lowest BCUT2D eigenvalue weighted by Crippen LogP contribution is -2.31. The highest BCUT2D eigenvalue weighted by Crippen LogP contribution is 2.20. The fraction of sp³-hybridized carbons (Fsp3) is 0.500. The van der Waals surface area contributed by atoms with E-state index in [4.69, 9.17) is 10.1 Å². The third-order valence-corrected chi connectivity index (χ3v) is 5.67. The highest BCUT2D eigenvalue weighted by atomic mass is 15.4. The van der Waals surface area contributed by atoms with Crippen LogP contribution in [0, 0.1) is 19.8 Å². The maximum atomic E-state index is 4.94. The number of benzene rings is 1. The minimum Gasteiger partial charge on any atom is -0.306 e. The minimum absolute atomic E-state index is 0.660. The summed E-state index contributed by atoms with van der Waals surface area (Å²) >= 11 is 0. The number of piperidine rings is 1. The SMILES string of the molecule is Cc1cc(C)n(Cc2nc(CC3CCN(C)CC3)nn2Cc2ccccc2)n1. The van der Waals surface area contributed by atoms with Crippen molar-refractivity contribution < 1.29 is 0 Å². The molecule has 3 heterocycles. The first kappa shape index (κ1) is 18.9. The van der Waals surface area contributed by atoms with Crippen molar-refractivity contribution in [2.75, 3.05) is 20.1 Å². The van der Waals surface area contributed by atoms with Crippen LogP contribution in [0.3, 0.4) is 0 Å². The number of hydrogen-bond donors (Lipinski definition) is 0. The minimum atomic E-state index is 0.660. The van der Waals surface area contributed by atoms with E-state index in [0.29, 0.717) is 12.5 Å². The molecule has 0 atom stereocenters. The molecule has 0 radical (unpaired) electrons. The van der Waals surface area contributed by atoms with Crippen molar-refractivity contribution in [3.63, 3.8) is 0 Å². The predicted octanol–water partition coefficient (Wildman–Crippen LogP) is 3.07. The van der Waals surface area contributed by atoms with Crippen LogP contribution < -0.4 is 0 Å². The summed E-state index contributed by atoms with van der Waals surface area (Å²) < 4.78 is 4.09. The molecule has 0 aliphatic carbocycles. The maximum Gasteiger partial charge on any atom is 0.151 e. The number of aromatic nitrogens is 5. The van der Waals surface area contributed by atoms with Gasteiger partial charge in [0.25, 0.3) is 0 Å². The molecule has 1 aromatic carbocycles. The van der Waals surface area contributed by atoms with Crippen LogP contribution in [0.1, 0.15) is 41.4 Å². The molecule has 0 amide bonds. The van der Waals surface area contributed by atoms with E-state index in [1.807, 2.05) is 17.7 Å². The van der Waals surface area contributed by atoms with E-state index in [0.717, 1.165) is 36.0 Å². The van der Waals surface area contributed by atoms with Crippen molar-refractivity contribution in [1.82, 2.24) is 29.4 Å². The van der Waals surface area contributed by atoms with Gasteiger partial charge in [-0.1, -0.05) is 30.3 Å². The molecule has 0 spiro atoms. The predicted molar refractivity (Wildman–Crippen MR) is 110 cm³/mol. The Morgan fingerprint density at radius 2 is 1.71 bits per heavy atom. The van der Waals surface area contributed by atoms with Gasteiger partial charge in [-0.15, -0.1) is 0 Å². The normalized spacial score (nSPS) is 16.0. The zero-order valence-corrected chi connectivity index (χ0v) is 17.2. The van der Waals surface area contributed by atoms with E-state index >= 15 is 0 Å². The summed E-state index contributed by atoms with van der Waals surface area (Å²) in [5.41, 5.74) is 3.44. The van der Waals surface area contributed by atoms with Gasteiger partial charge in [0, 0.05) is 12.1 Å². The average molecular weight is 379 g/mol. The smallest absolute Gasteiger partial charge is 0.151 e. The highest BCUT2D eigenvalue weighted by Gasteiger charge is 2.20. The van der Waals surface area contributed by atoms with Crippen LogP contribution in [0.25, 0.3) is 0 Å². The topological polar surface area (TPSA) is 51.8 Å². The first-order valence-corrected chi connectivity index (χ1v) is 10.2. The van der Waals surface area contributed by atoms with Gasteiger partial charge in [0.1, 0.15) is 12.4 Å².